The topological polar surface area (TPSA) is 58.4 Å². The van der Waals surface area contributed by atoms with E-state index in [2.05, 4.69) is 15.4 Å². The van der Waals surface area contributed by atoms with Crippen molar-refractivity contribution in [1.82, 2.24) is 10.1 Å². The third-order valence-electron chi connectivity index (χ3n) is 4.35. The first-order valence-electron chi connectivity index (χ1n) is 8.40. The van der Waals surface area contributed by atoms with E-state index in [-0.39, 0.29) is 11.7 Å². The summed E-state index contributed by atoms with van der Waals surface area (Å²) >= 11 is 0. The van der Waals surface area contributed by atoms with Crippen molar-refractivity contribution in [3.63, 3.8) is 0 Å². The standard InChI is InChI=1S/C20H19F2N3O2/c1-13(18-8-9-27-24-18)25(2)12-14-4-3-5-15(10-14)20(26)23-19-7-6-16(21)11-17(19)22/h3-11,13H,12H2,1-2H3,(H,23,26)/t13-/m1/s1. The quantitative estimate of drug-likeness (QED) is 0.698. The molecule has 5 nitrogen and oxygen atoms in total. The highest BCUT2D eigenvalue weighted by atomic mass is 19.1. The molecule has 0 aliphatic heterocycles. The van der Waals surface area contributed by atoms with Crippen LogP contribution in [0.25, 0.3) is 0 Å². The highest BCUT2D eigenvalue weighted by Crippen LogP contribution is 2.20. The number of halogens is 2. The van der Waals surface area contributed by atoms with Crippen LogP contribution in [0, 0.1) is 11.6 Å². The van der Waals surface area contributed by atoms with Gasteiger partial charge in [0, 0.05) is 24.2 Å². The second-order valence-electron chi connectivity index (χ2n) is 6.29. The highest BCUT2D eigenvalue weighted by Gasteiger charge is 2.16. The van der Waals surface area contributed by atoms with Crippen molar-refractivity contribution >= 4 is 11.6 Å². The number of hydrogen-bond acceptors (Lipinski definition) is 4. The van der Waals surface area contributed by atoms with Gasteiger partial charge in [0.25, 0.3) is 5.91 Å². The molecule has 3 rings (SSSR count). The number of carbonyl (C=O) groups is 1. The lowest BCUT2D eigenvalue weighted by atomic mass is 10.1. The fourth-order valence-electron chi connectivity index (χ4n) is 2.68. The van der Waals surface area contributed by atoms with E-state index in [1.54, 1.807) is 18.2 Å². The Hall–Kier alpha value is -3.06. The lowest BCUT2D eigenvalue weighted by Crippen LogP contribution is -2.22. The van der Waals surface area contributed by atoms with E-state index >= 15 is 0 Å². The molecule has 1 amide bonds. The molecule has 0 fully saturated rings. The third kappa shape index (κ3) is 4.57. The van der Waals surface area contributed by atoms with E-state index in [0.717, 1.165) is 23.4 Å². The van der Waals surface area contributed by atoms with Crippen LogP contribution >= 0.6 is 0 Å². The molecule has 0 aliphatic carbocycles. The molecule has 140 valence electrons. The Morgan fingerprint density at radius 3 is 2.74 bits per heavy atom. The first-order valence-corrected chi connectivity index (χ1v) is 8.40. The van der Waals surface area contributed by atoms with Gasteiger partial charge >= 0.3 is 0 Å². The summed E-state index contributed by atoms with van der Waals surface area (Å²) in [4.78, 5) is 14.5. The normalized spacial score (nSPS) is 12.2. The number of hydrogen-bond donors (Lipinski definition) is 1. The van der Waals surface area contributed by atoms with Gasteiger partial charge in [0.2, 0.25) is 0 Å². The molecule has 1 atom stereocenters. The van der Waals surface area contributed by atoms with Crippen molar-refractivity contribution in [3.8, 4) is 0 Å². The maximum Gasteiger partial charge on any atom is 0.255 e. The van der Waals surface area contributed by atoms with Crippen LogP contribution in [0.1, 0.15) is 34.6 Å². The first kappa shape index (κ1) is 18.7. The zero-order chi connectivity index (χ0) is 19.4. The average molecular weight is 371 g/mol. The molecule has 0 bridgehead atoms. The monoisotopic (exact) mass is 371 g/mol. The zero-order valence-electron chi connectivity index (χ0n) is 14.9. The fourth-order valence-corrected chi connectivity index (χ4v) is 2.68. The van der Waals surface area contributed by atoms with Crippen molar-refractivity contribution in [1.29, 1.82) is 0 Å². The minimum atomic E-state index is -0.819. The predicted octanol–water partition coefficient (Wildman–Crippen LogP) is 4.40. The number of nitrogens with zero attached hydrogens (tertiary/aromatic N) is 2. The summed E-state index contributed by atoms with van der Waals surface area (Å²) in [6.45, 7) is 2.59. The van der Waals surface area contributed by atoms with Gasteiger partial charge in [0.05, 0.1) is 11.7 Å². The molecular weight excluding hydrogens is 352 g/mol. The molecular formula is C20H19F2N3O2. The summed E-state index contributed by atoms with van der Waals surface area (Å²) in [5.74, 6) is -1.98. The van der Waals surface area contributed by atoms with Gasteiger partial charge in [-0.15, -0.1) is 0 Å². The zero-order valence-corrected chi connectivity index (χ0v) is 14.9. The summed E-state index contributed by atoms with van der Waals surface area (Å²) in [5, 5.41) is 6.41. The van der Waals surface area contributed by atoms with Crippen molar-refractivity contribution in [3.05, 3.63) is 83.2 Å². The Balaban J connectivity index is 1.70. The molecule has 0 saturated heterocycles. The number of carbonyl (C=O) groups excluding carboxylic acids is 1. The smallest absolute Gasteiger partial charge is 0.255 e. The van der Waals surface area contributed by atoms with Crippen LogP contribution in [0.4, 0.5) is 14.5 Å². The number of rotatable bonds is 6. The van der Waals surface area contributed by atoms with E-state index in [0.29, 0.717) is 12.1 Å². The van der Waals surface area contributed by atoms with Crippen molar-refractivity contribution in [2.24, 2.45) is 0 Å². The number of anilines is 1. The molecule has 0 aliphatic rings. The SMILES string of the molecule is C[C@H](c1ccon1)N(C)Cc1cccc(C(=O)Nc2ccc(F)cc2F)c1. The lowest BCUT2D eigenvalue weighted by Gasteiger charge is -2.23. The minimum Gasteiger partial charge on any atom is -0.364 e. The van der Waals surface area contributed by atoms with Gasteiger partial charge in [-0.05, 0) is 43.8 Å². The molecule has 0 saturated carbocycles. The van der Waals surface area contributed by atoms with E-state index in [4.69, 9.17) is 4.52 Å². The molecule has 3 aromatic rings. The summed E-state index contributed by atoms with van der Waals surface area (Å²) in [5.41, 5.74) is 2.06. The van der Waals surface area contributed by atoms with Crippen molar-refractivity contribution < 1.29 is 18.1 Å². The van der Waals surface area contributed by atoms with Gasteiger partial charge in [-0.25, -0.2) is 8.78 Å². The summed E-state index contributed by atoms with van der Waals surface area (Å²) in [7, 11) is 1.94. The summed E-state index contributed by atoms with van der Waals surface area (Å²) < 4.78 is 31.6. The Kier molecular flexibility index (Phi) is 5.61. The largest absolute Gasteiger partial charge is 0.364 e. The fraction of sp³-hybridized carbons (Fsp3) is 0.200. The Bertz CT molecular complexity index is 929. The van der Waals surface area contributed by atoms with Gasteiger partial charge in [0.1, 0.15) is 23.6 Å². The molecule has 7 heteroatoms. The Morgan fingerprint density at radius 1 is 1.22 bits per heavy atom. The van der Waals surface area contributed by atoms with Crippen molar-refractivity contribution in [2.45, 2.75) is 19.5 Å². The Labute approximate surface area is 155 Å². The van der Waals surface area contributed by atoms with E-state index < -0.39 is 17.5 Å². The summed E-state index contributed by atoms with van der Waals surface area (Å²) in [6.07, 6.45) is 1.53. The van der Waals surface area contributed by atoms with Crippen LogP contribution in [-0.4, -0.2) is 23.0 Å². The molecule has 1 N–H and O–H groups in total. The number of nitrogens with one attached hydrogen (secondary N) is 1. The number of amides is 1. The van der Waals surface area contributed by atoms with Crippen LogP contribution in [0.2, 0.25) is 0 Å². The predicted molar refractivity (Wildman–Crippen MR) is 97.1 cm³/mol. The second-order valence-corrected chi connectivity index (χ2v) is 6.29. The van der Waals surface area contributed by atoms with Gasteiger partial charge < -0.3 is 9.84 Å². The molecule has 0 radical (unpaired) electrons. The second kappa shape index (κ2) is 8.09. The number of benzene rings is 2. The van der Waals surface area contributed by atoms with E-state index in [9.17, 15) is 13.6 Å². The third-order valence-corrected chi connectivity index (χ3v) is 4.35. The molecule has 27 heavy (non-hydrogen) atoms. The number of aromatic nitrogens is 1. The van der Waals surface area contributed by atoms with Gasteiger partial charge in [-0.3, -0.25) is 9.69 Å². The molecule has 0 unspecified atom stereocenters. The minimum absolute atomic E-state index is 0.0366. The van der Waals surface area contributed by atoms with Crippen LogP contribution in [0.5, 0.6) is 0 Å². The van der Waals surface area contributed by atoms with Crippen molar-refractivity contribution in [2.75, 3.05) is 12.4 Å². The first-order chi connectivity index (χ1) is 12.9. The summed E-state index contributed by atoms with van der Waals surface area (Å²) in [6, 6.07) is 11.9. The van der Waals surface area contributed by atoms with E-state index in [1.807, 2.05) is 26.1 Å². The van der Waals surface area contributed by atoms with Crippen LogP contribution in [0.3, 0.4) is 0 Å². The average Bonchev–Trinajstić information content (AvgIpc) is 3.18. The van der Waals surface area contributed by atoms with Gasteiger partial charge in [-0.2, -0.15) is 0 Å². The molecule has 1 heterocycles. The molecule has 2 aromatic carbocycles. The molecule has 1 aromatic heterocycles. The molecule has 0 spiro atoms. The van der Waals surface area contributed by atoms with Crippen LogP contribution in [0.15, 0.2) is 59.3 Å². The highest BCUT2D eigenvalue weighted by molar-refractivity contribution is 6.04. The van der Waals surface area contributed by atoms with Crippen LogP contribution in [-0.2, 0) is 6.54 Å². The van der Waals surface area contributed by atoms with Crippen LogP contribution < -0.4 is 5.32 Å². The van der Waals surface area contributed by atoms with E-state index in [1.165, 1.54) is 12.3 Å². The van der Waals surface area contributed by atoms with Gasteiger partial charge in [0.15, 0.2) is 0 Å². The lowest BCUT2D eigenvalue weighted by molar-refractivity contribution is 0.102. The van der Waals surface area contributed by atoms with Gasteiger partial charge in [-0.1, -0.05) is 17.3 Å². The maximum atomic E-state index is 13.7. The maximum absolute atomic E-state index is 13.7. The Morgan fingerprint density at radius 2 is 2.04 bits per heavy atom.